The minimum absolute atomic E-state index is 0.0883. The number of amides is 1. The van der Waals surface area contributed by atoms with Crippen molar-refractivity contribution < 1.29 is 9.53 Å². The molecule has 3 aliphatic heterocycles. The van der Waals surface area contributed by atoms with Gasteiger partial charge in [-0.2, -0.15) is 5.10 Å². The van der Waals surface area contributed by atoms with E-state index in [0.29, 0.717) is 12.4 Å². The van der Waals surface area contributed by atoms with Crippen molar-refractivity contribution in [3.8, 4) is 0 Å². The minimum Gasteiger partial charge on any atom is -0.379 e. The van der Waals surface area contributed by atoms with Gasteiger partial charge in [-0.1, -0.05) is 6.07 Å². The number of imidazole rings is 1. The van der Waals surface area contributed by atoms with Crippen LogP contribution in [0.15, 0.2) is 23.3 Å². The maximum absolute atomic E-state index is 12.5. The Morgan fingerprint density at radius 3 is 3.04 bits per heavy atom. The fourth-order valence-corrected chi connectivity index (χ4v) is 3.55. The van der Waals surface area contributed by atoms with Crippen LogP contribution in [0.3, 0.4) is 0 Å². The van der Waals surface area contributed by atoms with E-state index in [2.05, 4.69) is 37.9 Å². The molecule has 5 rings (SSSR count). The summed E-state index contributed by atoms with van der Waals surface area (Å²) in [6.45, 7) is 4.90. The van der Waals surface area contributed by atoms with Gasteiger partial charge in [-0.3, -0.25) is 4.90 Å². The highest BCUT2D eigenvalue weighted by Crippen LogP contribution is 2.23. The summed E-state index contributed by atoms with van der Waals surface area (Å²) in [5.74, 6) is 0.646. The van der Waals surface area contributed by atoms with E-state index in [9.17, 15) is 4.79 Å². The molecule has 1 unspecified atom stereocenters. The fourth-order valence-electron chi connectivity index (χ4n) is 3.55. The van der Waals surface area contributed by atoms with Gasteiger partial charge in [-0.05, 0) is 17.7 Å². The SMILES string of the molecule is O=C1NC2CNN=C2c2nc3ccc(CN4CCOCC4)cc3n21. The lowest BCUT2D eigenvalue weighted by Crippen LogP contribution is -2.50. The number of rotatable bonds is 2. The normalized spacial score (nSPS) is 23.4. The number of hydrazone groups is 1. The molecule has 2 N–H and O–H groups in total. The molecule has 1 saturated heterocycles. The van der Waals surface area contributed by atoms with E-state index in [1.807, 2.05) is 6.07 Å². The summed E-state index contributed by atoms with van der Waals surface area (Å²) in [7, 11) is 0. The highest BCUT2D eigenvalue weighted by Gasteiger charge is 2.35. The molecule has 8 heteroatoms. The molecule has 1 amide bonds. The van der Waals surface area contributed by atoms with Gasteiger partial charge in [0.15, 0.2) is 5.82 Å². The Balaban J connectivity index is 1.55. The smallest absolute Gasteiger partial charge is 0.328 e. The lowest BCUT2D eigenvalue weighted by molar-refractivity contribution is 0.0342. The van der Waals surface area contributed by atoms with Crippen LogP contribution in [-0.4, -0.2) is 65.1 Å². The van der Waals surface area contributed by atoms with Crippen LogP contribution >= 0.6 is 0 Å². The van der Waals surface area contributed by atoms with E-state index in [1.165, 1.54) is 5.56 Å². The lowest BCUT2D eigenvalue weighted by atomic mass is 10.1. The Bertz CT molecular complexity index is 852. The number of carbonyl (C=O) groups excluding carboxylic acids is 1. The Hall–Kier alpha value is -2.45. The van der Waals surface area contributed by atoms with E-state index in [1.54, 1.807) is 4.57 Å². The van der Waals surface area contributed by atoms with Gasteiger partial charge in [0.2, 0.25) is 0 Å². The number of aromatic nitrogens is 2. The van der Waals surface area contributed by atoms with Crippen LogP contribution in [0.4, 0.5) is 4.79 Å². The first-order chi connectivity index (χ1) is 11.8. The molecule has 124 valence electrons. The first-order valence-corrected chi connectivity index (χ1v) is 8.23. The topological polar surface area (TPSA) is 83.8 Å². The number of nitrogens with one attached hydrogen (secondary N) is 2. The number of benzene rings is 1. The zero-order valence-corrected chi connectivity index (χ0v) is 13.2. The van der Waals surface area contributed by atoms with Crippen molar-refractivity contribution in [2.24, 2.45) is 5.10 Å². The summed E-state index contributed by atoms with van der Waals surface area (Å²) in [5, 5.41) is 7.27. The summed E-state index contributed by atoms with van der Waals surface area (Å²) in [6, 6.07) is 5.91. The van der Waals surface area contributed by atoms with Crippen LogP contribution < -0.4 is 10.7 Å². The predicted molar refractivity (Wildman–Crippen MR) is 88.1 cm³/mol. The summed E-state index contributed by atoms with van der Waals surface area (Å²) in [5.41, 5.74) is 6.57. The molecule has 24 heavy (non-hydrogen) atoms. The average Bonchev–Trinajstić information content (AvgIpc) is 3.19. The Morgan fingerprint density at radius 2 is 2.17 bits per heavy atom. The third kappa shape index (κ3) is 2.10. The van der Waals surface area contributed by atoms with Crippen LogP contribution in [0.1, 0.15) is 11.4 Å². The molecule has 1 fully saturated rings. The summed E-state index contributed by atoms with van der Waals surface area (Å²) in [6.07, 6.45) is 0. The Labute approximate surface area is 138 Å². The standard InChI is InChI=1S/C16H18N6O2/c23-16-19-12-8-17-20-14(12)15-18-11-2-1-10(7-13(11)22(15)16)9-21-3-5-24-6-4-21/h1-2,7,12,17H,3-6,8-9H2,(H,19,23). The molecule has 0 spiro atoms. The molecule has 0 radical (unpaired) electrons. The van der Waals surface area contributed by atoms with Crippen LogP contribution in [0.2, 0.25) is 0 Å². The molecule has 0 bridgehead atoms. The number of nitrogens with zero attached hydrogens (tertiary/aromatic N) is 4. The first kappa shape index (κ1) is 13.9. The molecular weight excluding hydrogens is 308 g/mol. The van der Waals surface area contributed by atoms with Crippen molar-refractivity contribution in [2.45, 2.75) is 12.6 Å². The van der Waals surface area contributed by atoms with Gasteiger partial charge < -0.3 is 15.5 Å². The zero-order valence-electron chi connectivity index (χ0n) is 13.2. The highest BCUT2D eigenvalue weighted by atomic mass is 16.5. The highest BCUT2D eigenvalue weighted by molar-refractivity contribution is 6.12. The molecule has 3 aliphatic rings. The molecule has 0 aliphatic carbocycles. The van der Waals surface area contributed by atoms with Crippen molar-refractivity contribution in [3.05, 3.63) is 29.6 Å². The second-order valence-corrected chi connectivity index (χ2v) is 6.34. The third-order valence-electron chi connectivity index (χ3n) is 4.78. The second kappa shape index (κ2) is 5.29. The quantitative estimate of drug-likeness (QED) is 0.819. The largest absolute Gasteiger partial charge is 0.379 e. The number of carbonyl (C=O) groups is 1. The molecule has 1 atom stereocenters. The van der Waals surface area contributed by atoms with Crippen LogP contribution in [-0.2, 0) is 11.3 Å². The van der Waals surface area contributed by atoms with Gasteiger partial charge in [-0.25, -0.2) is 14.3 Å². The number of morpholine rings is 1. The maximum atomic E-state index is 12.5. The molecule has 1 aromatic carbocycles. The van der Waals surface area contributed by atoms with E-state index in [-0.39, 0.29) is 12.1 Å². The number of fused-ring (bicyclic) bond motifs is 5. The summed E-state index contributed by atoms with van der Waals surface area (Å²) >= 11 is 0. The molecule has 0 saturated carbocycles. The van der Waals surface area contributed by atoms with Gasteiger partial charge in [-0.15, -0.1) is 0 Å². The maximum Gasteiger partial charge on any atom is 0.328 e. The van der Waals surface area contributed by atoms with E-state index >= 15 is 0 Å². The van der Waals surface area contributed by atoms with Gasteiger partial charge in [0.25, 0.3) is 0 Å². The van der Waals surface area contributed by atoms with Crippen LogP contribution in [0.25, 0.3) is 11.0 Å². The number of hydrogen-bond donors (Lipinski definition) is 2. The van der Waals surface area contributed by atoms with Gasteiger partial charge >= 0.3 is 6.03 Å². The van der Waals surface area contributed by atoms with Crippen molar-refractivity contribution in [3.63, 3.8) is 0 Å². The molecule has 4 heterocycles. The van der Waals surface area contributed by atoms with Crippen LogP contribution in [0.5, 0.6) is 0 Å². The van der Waals surface area contributed by atoms with E-state index in [4.69, 9.17) is 4.74 Å². The van der Waals surface area contributed by atoms with Gasteiger partial charge in [0, 0.05) is 19.6 Å². The molecule has 1 aromatic heterocycles. The Kier molecular flexibility index (Phi) is 3.07. The average molecular weight is 326 g/mol. The minimum atomic E-state index is -0.135. The van der Waals surface area contributed by atoms with Crippen molar-refractivity contribution in [1.82, 2.24) is 25.2 Å². The number of hydrogen-bond acceptors (Lipinski definition) is 6. The third-order valence-corrected chi connectivity index (χ3v) is 4.78. The zero-order chi connectivity index (χ0) is 16.1. The second-order valence-electron chi connectivity index (χ2n) is 6.34. The monoisotopic (exact) mass is 326 g/mol. The molecule has 2 aromatic rings. The van der Waals surface area contributed by atoms with Gasteiger partial charge in [0.1, 0.15) is 5.71 Å². The molecule has 8 nitrogen and oxygen atoms in total. The fraction of sp³-hybridized carbons (Fsp3) is 0.438. The first-order valence-electron chi connectivity index (χ1n) is 8.23. The summed E-state index contributed by atoms with van der Waals surface area (Å²) in [4.78, 5) is 19.5. The van der Waals surface area contributed by atoms with Gasteiger partial charge in [0.05, 0.1) is 36.8 Å². The number of ether oxygens (including phenoxy) is 1. The Morgan fingerprint density at radius 1 is 1.29 bits per heavy atom. The van der Waals surface area contributed by atoms with Crippen molar-refractivity contribution >= 4 is 22.8 Å². The molecular formula is C16H18N6O2. The van der Waals surface area contributed by atoms with Crippen LogP contribution in [0, 0.1) is 0 Å². The van der Waals surface area contributed by atoms with E-state index in [0.717, 1.165) is 49.6 Å². The van der Waals surface area contributed by atoms with Crippen molar-refractivity contribution in [1.29, 1.82) is 0 Å². The van der Waals surface area contributed by atoms with Crippen molar-refractivity contribution in [2.75, 3.05) is 32.8 Å². The summed E-state index contributed by atoms with van der Waals surface area (Å²) < 4.78 is 7.04. The predicted octanol–water partition coefficient (Wildman–Crippen LogP) is 0.116. The van der Waals surface area contributed by atoms with E-state index < -0.39 is 0 Å². The lowest BCUT2D eigenvalue weighted by Gasteiger charge is -2.26.